The molecule has 0 aliphatic carbocycles. The van der Waals surface area contributed by atoms with Crippen molar-refractivity contribution in [1.29, 1.82) is 5.26 Å². The predicted octanol–water partition coefficient (Wildman–Crippen LogP) is 3.72. The third-order valence-electron chi connectivity index (χ3n) is 4.29. The highest BCUT2D eigenvalue weighted by molar-refractivity contribution is 5.83. The number of nitriles is 1. The first-order valence-electron chi connectivity index (χ1n) is 8.75. The molecule has 4 nitrogen and oxygen atoms in total. The molecule has 0 spiro atoms. The van der Waals surface area contributed by atoms with Crippen LogP contribution in [0, 0.1) is 23.2 Å². The second kappa shape index (κ2) is 8.25. The summed E-state index contributed by atoms with van der Waals surface area (Å²) in [5.74, 6) is 6.44. The normalized spacial score (nSPS) is 10.2. The van der Waals surface area contributed by atoms with Crippen LogP contribution in [-0.4, -0.2) is 18.2 Å². The molecule has 4 heteroatoms. The van der Waals surface area contributed by atoms with Crippen LogP contribution in [0.3, 0.4) is 0 Å². The lowest BCUT2D eigenvalue weighted by molar-refractivity contribution is 0.786. The van der Waals surface area contributed by atoms with Crippen LogP contribution in [0.25, 0.3) is 10.9 Å². The molecule has 0 fully saturated rings. The van der Waals surface area contributed by atoms with E-state index >= 15 is 0 Å². The summed E-state index contributed by atoms with van der Waals surface area (Å²) in [6, 6.07) is 18.3. The van der Waals surface area contributed by atoms with Crippen molar-refractivity contribution >= 4 is 16.6 Å². The Morgan fingerprint density at radius 1 is 1.12 bits per heavy atom. The summed E-state index contributed by atoms with van der Waals surface area (Å²) in [6.07, 6.45) is 0. The minimum absolute atomic E-state index is 0.495. The lowest BCUT2D eigenvalue weighted by atomic mass is 10.1. The molecule has 0 atom stereocenters. The molecule has 2 N–H and O–H groups in total. The van der Waals surface area contributed by atoms with Crippen LogP contribution < -0.4 is 10.6 Å². The summed E-state index contributed by atoms with van der Waals surface area (Å²) in [5, 5.41) is 16.7. The largest absolute Gasteiger partial charge is 0.373 e. The highest BCUT2D eigenvalue weighted by Gasteiger charge is 2.06. The smallest absolute Gasteiger partial charge is 0.101 e. The number of aromatic nitrogens is 1. The van der Waals surface area contributed by atoms with Gasteiger partial charge in [0, 0.05) is 24.0 Å². The quantitative estimate of drug-likeness (QED) is 0.695. The third-order valence-corrected chi connectivity index (χ3v) is 4.29. The molecule has 3 rings (SSSR count). The van der Waals surface area contributed by atoms with Gasteiger partial charge in [-0.3, -0.25) is 0 Å². The molecule has 0 amide bonds. The van der Waals surface area contributed by atoms with Gasteiger partial charge in [-0.25, -0.2) is 0 Å². The van der Waals surface area contributed by atoms with E-state index in [1.165, 1.54) is 16.5 Å². The molecule has 130 valence electrons. The lowest BCUT2D eigenvalue weighted by Crippen LogP contribution is -2.04. The van der Waals surface area contributed by atoms with Crippen LogP contribution in [0.2, 0.25) is 0 Å². The van der Waals surface area contributed by atoms with Gasteiger partial charge in [0.05, 0.1) is 23.5 Å². The van der Waals surface area contributed by atoms with E-state index in [2.05, 4.69) is 64.3 Å². The van der Waals surface area contributed by atoms with Gasteiger partial charge in [0.15, 0.2) is 0 Å². The second-order valence-electron chi connectivity index (χ2n) is 6.01. The first-order chi connectivity index (χ1) is 12.8. The van der Waals surface area contributed by atoms with Crippen molar-refractivity contribution in [2.45, 2.75) is 20.0 Å². The SMILES string of the molecule is CCn1c(C#CCNc2ccccc2C#N)cc2cc(CNC)ccc21. The minimum Gasteiger partial charge on any atom is -0.373 e. The molecule has 1 aromatic heterocycles. The summed E-state index contributed by atoms with van der Waals surface area (Å²) in [4.78, 5) is 0. The van der Waals surface area contributed by atoms with Crippen LogP contribution in [-0.2, 0) is 13.1 Å². The monoisotopic (exact) mass is 342 g/mol. The Bertz CT molecular complexity index is 1010. The van der Waals surface area contributed by atoms with Gasteiger partial charge in [0.1, 0.15) is 6.07 Å². The average molecular weight is 342 g/mol. The Labute approximate surface area is 154 Å². The number of aryl methyl sites for hydroxylation is 1. The Kier molecular flexibility index (Phi) is 5.59. The maximum atomic E-state index is 9.13. The van der Waals surface area contributed by atoms with E-state index in [4.69, 9.17) is 5.26 Å². The fourth-order valence-electron chi connectivity index (χ4n) is 3.09. The highest BCUT2D eigenvalue weighted by atomic mass is 15.0. The van der Waals surface area contributed by atoms with Crippen LogP contribution in [0.5, 0.6) is 0 Å². The van der Waals surface area contributed by atoms with Crippen molar-refractivity contribution in [2.24, 2.45) is 0 Å². The standard InChI is InChI=1S/C22H22N4/c1-3-26-20(14-19-13-17(16-24-2)10-11-22(19)26)8-6-12-25-21-9-5-4-7-18(21)15-23/h4-5,7,9-11,13-14,24-25H,3,12,16H2,1-2H3. The average Bonchev–Trinajstić information content (AvgIpc) is 3.02. The van der Waals surface area contributed by atoms with Gasteiger partial charge < -0.3 is 15.2 Å². The predicted molar refractivity (Wildman–Crippen MR) is 107 cm³/mol. The lowest BCUT2D eigenvalue weighted by Gasteiger charge is -2.05. The molecule has 0 aliphatic heterocycles. The molecule has 0 unspecified atom stereocenters. The molecule has 1 heterocycles. The summed E-state index contributed by atoms with van der Waals surface area (Å²) < 4.78 is 2.23. The van der Waals surface area contributed by atoms with Crippen molar-refractivity contribution in [1.82, 2.24) is 9.88 Å². The number of rotatable bonds is 5. The number of benzene rings is 2. The zero-order chi connectivity index (χ0) is 18.4. The number of hydrogen-bond acceptors (Lipinski definition) is 3. The van der Waals surface area contributed by atoms with Gasteiger partial charge >= 0.3 is 0 Å². The fourth-order valence-corrected chi connectivity index (χ4v) is 3.09. The number of nitrogens with zero attached hydrogens (tertiary/aromatic N) is 2. The summed E-state index contributed by atoms with van der Waals surface area (Å²) >= 11 is 0. The van der Waals surface area contributed by atoms with Crippen LogP contribution >= 0.6 is 0 Å². The van der Waals surface area contributed by atoms with Gasteiger partial charge in [-0.1, -0.05) is 24.1 Å². The summed E-state index contributed by atoms with van der Waals surface area (Å²) in [7, 11) is 1.95. The van der Waals surface area contributed by atoms with E-state index in [1.807, 2.05) is 25.2 Å². The number of nitrogens with one attached hydrogen (secondary N) is 2. The first kappa shape index (κ1) is 17.6. The Morgan fingerprint density at radius 2 is 1.96 bits per heavy atom. The van der Waals surface area contributed by atoms with E-state index in [0.717, 1.165) is 24.5 Å². The van der Waals surface area contributed by atoms with Gasteiger partial charge in [-0.15, -0.1) is 0 Å². The van der Waals surface area contributed by atoms with Gasteiger partial charge in [-0.2, -0.15) is 5.26 Å². The molecule has 26 heavy (non-hydrogen) atoms. The van der Waals surface area contributed by atoms with Crippen molar-refractivity contribution < 1.29 is 0 Å². The molecular weight excluding hydrogens is 320 g/mol. The molecule has 3 aromatic rings. The van der Waals surface area contributed by atoms with Gasteiger partial charge in [0.2, 0.25) is 0 Å². The zero-order valence-electron chi connectivity index (χ0n) is 15.1. The molecule has 2 aromatic carbocycles. The second-order valence-corrected chi connectivity index (χ2v) is 6.01. The third kappa shape index (κ3) is 3.72. The van der Waals surface area contributed by atoms with Crippen LogP contribution in [0.4, 0.5) is 5.69 Å². The van der Waals surface area contributed by atoms with Gasteiger partial charge in [-0.05, 0) is 55.8 Å². The van der Waals surface area contributed by atoms with E-state index in [1.54, 1.807) is 6.07 Å². The minimum atomic E-state index is 0.495. The Balaban J connectivity index is 1.80. The van der Waals surface area contributed by atoms with Crippen molar-refractivity contribution in [3.05, 3.63) is 65.4 Å². The number of fused-ring (bicyclic) bond motifs is 1. The van der Waals surface area contributed by atoms with Crippen LogP contribution in [0.1, 0.15) is 23.7 Å². The number of para-hydroxylation sites is 1. The molecular formula is C22H22N4. The van der Waals surface area contributed by atoms with Crippen LogP contribution in [0.15, 0.2) is 48.5 Å². The van der Waals surface area contributed by atoms with E-state index < -0.39 is 0 Å². The number of anilines is 1. The first-order valence-corrected chi connectivity index (χ1v) is 8.75. The summed E-state index contributed by atoms with van der Waals surface area (Å²) in [5.41, 5.74) is 4.94. The van der Waals surface area contributed by atoms with Crippen molar-refractivity contribution in [3.8, 4) is 17.9 Å². The van der Waals surface area contributed by atoms with Crippen molar-refractivity contribution in [2.75, 3.05) is 18.9 Å². The van der Waals surface area contributed by atoms with E-state index in [-0.39, 0.29) is 0 Å². The molecule has 0 saturated heterocycles. The number of hydrogen-bond donors (Lipinski definition) is 2. The van der Waals surface area contributed by atoms with Crippen molar-refractivity contribution in [3.63, 3.8) is 0 Å². The Hall–Kier alpha value is -3.21. The topological polar surface area (TPSA) is 52.8 Å². The molecule has 0 saturated carbocycles. The van der Waals surface area contributed by atoms with E-state index in [9.17, 15) is 0 Å². The Morgan fingerprint density at radius 3 is 2.73 bits per heavy atom. The molecule has 0 radical (unpaired) electrons. The molecule has 0 bridgehead atoms. The fraction of sp³-hybridized carbons (Fsp3) is 0.227. The highest BCUT2D eigenvalue weighted by Crippen LogP contribution is 2.21. The van der Waals surface area contributed by atoms with Gasteiger partial charge in [0.25, 0.3) is 0 Å². The summed E-state index contributed by atoms with van der Waals surface area (Å²) in [6.45, 7) is 4.36. The maximum Gasteiger partial charge on any atom is 0.101 e. The zero-order valence-corrected chi connectivity index (χ0v) is 15.1. The van der Waals surface area contributed by atoms with E-state index in [0.29, 0.717) is 12.1 Å². The maximum absolute atomic E-state index is 9.13. The molecule has 0 aliphatic rings.